The molecule has 42 heavy (non-hydrogen) atoms. The van der Waals surface area contributed by atoms with E-state index in [0.29, 0.717) is 0 Å². The van der Waals surface area contributed by atoms with E-state index in [-0.39, 0.29) is 40.7 Å². The summed E-state index contributed by atoms with van der Waals surface area (Å²) < 4.78 is 10.8. The van der Waals surface area contributed by atoms with E-state index in [1.54, 1.807) is 14.2 Å². The number of hydrogen-bond donors (Lipinski definition) is 0. The minimum Gasteiger partial charge on any atom is -0.497 e. The average Bonchev–Trinajstić information content (AvgIpc) is 3.63. The van der Waals surface area contributed by atoms with Crippen molar-refractivity contribution in [3.8, 4) is 33.8 Å². The molecular formula is C38H40HfO2Si. The minimum absolute atomic E-state index is 0. The van der Waals surface area contributed by atoms with Gasteiger partial charge in [0.1, 0.15) is 11.5 Å². The molecule has 6 aromatic rings. The van der Waals surface area contributed by atoms with E-state index >= 15 is 0 Å². The Kier molecular flexibility index (Phi) is 11.0. The molecule has 0 spiro atoms. The van der Waals surface area contributed by atoms with E-state index in [0.717, 1.165) is 11.5 Å². The van der Waals surface area contributed by atoms with Crippen LogP contribution in [0.2, 0.25) is 12.1 Å². The molecule has 0 aliphatic carbocycles. The van der Waals surface area contributed by atoms with E-state index in [4.69, 9.17) is 9.47 Å². The van der Waals surface area contributed by atoms with Crippen LogP contribution in [0.4, 0.5) is 0 Å². The van der Waals surface area contributed by atoms with Gasteiger partial charge in [0.25, 0.3) is 0 Å². The van der Waals surface area contributed by atoms with E-state index in [1.807, 2.05) is 24.3 Å². The second kappa shape index (κ2) is 13.8. The minimum atomic E-state index is -1.98. The zero-order chi connectivity index (χ0) is 27.0. The van der Waals surface area contributed by atoms with Crippen LogP contribution >= 0.6 is 0 Å². The fraction of sp³-hybridized carbons (Fsp3) is 0.158. The van der Waals surface area contributed by atoms with Gasteiger partial charge >= 0.3 is 25.8 Å². The van der Waals surface area contributed by atoms with Crippen LogP contribution in [0.5, 0.6) is 11.5 Å². The smallest absolute Gasteiger partial charge is 0.497 e. The Morgan fingerprint density at radius 3 is 1.29 bits per heavy atom. The van der Waals surface area contributed by atoms with Gasteiger partial charge in [-0.25, -0.2) is 0 Å². The molecule has 0 heterocycles. The van der Waals surface area contributed by atoms with Crippen molar-refractivity contribution in [1.82, 2.24) is 0 Å². The number of benzene rings is 4. The number of methoxy groups -OCH3 is 2. The summed E-state index contributed by atoms with van der Waals surface area (Å²) in [5.41, 5.74) is 5.01. The van der Waals surface area contributed by atoms with E-state index in [2.05, 4.69) is 98.8 Å². The Morgan fingerprint density at radius 2 is 0.952 bits per heavy atom. The van der Waals surface area contributed by atoms with Crippen LogP contribution in [-0.2, 0) is 25.8 Å². The van der Waals surface area contributed by atoms with Gasteiger partial charge in [-0.2, -0.15) is 12.1 Å². The van der Waals surface area contributed by atoms with Crippen molar-refractivity contribution < 1.29 is 35.3 Å². The van der Waals surface area contributed by atoms with Crippen molar-refractivity contribution in [2.45, 2.75) is 25.9 Å². The van der Waals surface area contributed by atoms with Crippen molar-refractivity contribution in [1.29, 1.82) is 0 Å². The summed E-state index contributed by atoms with van der Waals surface area (Å²) in [6, 6.07) is 42.5. The molecule has 0 saturated carbocycles. The Balaban J connectivity index is 0.00000161. The third kappa shape index (κ3) is 5.72. The molecule has 2 nitrogen and oxygen atoms in total. The van der Waals surface area contributed by atoms with Gasteiger partial charge in [0.15, 0.2) is 0 Å². The second-order valence-corrected chi connectivity index (χ2v) is 15.1. The van der Waals surface area contributed by atoms with Crippen LogP contribution in [0.3, 0.4) is 0 Å². The Hall–Kier alpha value is -3.21. The van der Waals surface area contributed by atoms with Crippen LogP contribution < -0.4 is 19.8 Å². The average molecular weight is 735 g/mol. The largest absolute Gasteiger partial charge is 4.00 e. The monoisotopic (exact) mass is 736 g/mol. The third-order valence-electron chi connectivity index (χ3n) is 8.62. The topological polar surface area (TPSA) is 18.5 Å². The maximum absolute atomic E-state index is 5.39. The summed E-state index contributed by atoms with van der Waals surface area (Å²) in [6.07, 6.45) is 0. The normalized spacial score (nSPS) is 11.0. The first kappa shape index (κ1) is 33.3. The summed E-state index contributed by atoms with van der Waals surface area (Å²) in [4.78, 5) is 0. The number of fused-ring (bicyclic) bond motifs is 2. The Labute approximate surface area is 271 Å². The first-order valence-corrected chi connectivity index (χ1v) is 16.2. The van der Waals surface area contributed by atoms with E-state index in [1.165, 1.54) is 66.3 Å². The van der Waals surface area contributed by atoms with Gasteiger partial charge in [-0.1, -0.05) is 73.5 Å². The van der Waals surface area contributed by atoms with Gasteiger partial charge in [-0.15, -0.1) is 68.3 Å². The third-order valence-corrected chi connectivity index (χ3v) is 13.8. The Bertz CT molecular complexity index is 1610. The van der Waals surface area contributed by atoms with Gasteiger partial charge in [-0.3, -0.25) is 0 Å². The van der Waals surface area contributed by atoms with Gasteiger partial charge in [0.2, 0.25) is 0 Å². The van der Waals surface area contributed by atoms with Crippen LogP contribution in [0.25, 0.3) is 43.8 Å². The predicted octanol–water partition coefficient (Wildman–Crippen LogP) is 9.28. The SMILES string of the molecule is CC[Si](CC)(c1cc2c(-c3ccc(OC)cc3)cccc2[cH-]1)c1cc2c(-c3ccc(OC)cc3)cccc2[cH-]1.[CH3-].[CH3-].[Hf+4]. The molecule has 212 valence electrons. The fourth-order valence-corrected chi connectivity index (χ4v) is 10.5. The molecule has 0 N–H and O–H groups in total. The van der Waals surface area contributed by atoms with Crippen molar-refractivity contribution in [3.05, 3.63) is 124 Å². The zero-order valence-corrected chi connectivity index (χ0v) is 30.2. The molecule has 0 aliphatic rings. The van der Waals surface area contributed by atoms with Gasteiger partial charge in [-0.05, 0) is 35.4 Å². The molecule has 0 amide bonds. The van der Waals surface area contributed by atoms with Gasteiger partial charge in [0, 0.05) is 0 Å². The van der Waals surface area contributed by atoms with E-state index in [9.17, 15) is 0 Å². The molecular weight excluding hydrogens is 695 g/mol. The summed E-state index contributed by atoms with van der Waals surface area (Å²) in [5, 5.41) is 8.40. The van der Waals surface area contributed by atoms with Crippen LogP contribution in [-0.4, -0.2) is 22.3 Å². The predicted molar refractivity (Wildman–Crippen MR) is 182 cm³/mol. The van der Waals surface area contributed by atoms with Crippen molar-refractivity contribution in [2.24, 2.45) is 0 Å². The molecule has 0 aromatic heterocycles. The van der Waals surface area contributed by atoms with Crippen LogP contribution in [0, 0.1) is 14.9 Å². The van der Waals surface area contributed by atoms with Crippen molar-refractivity contribution in [2.75, 3.05) is 14.2 Å². The number of rotatable bonds is 8. The zero-order valence-electron chi connectivity index (χ0n) is 25.6. The summed E-state index contributed by atoms with van der Waals surface area (Å²) in [5.74, 6) is 1.77. The van der Waals surface area contributed by atoms with Crippen molar-refractivity contribution in [3.63, 3.8) is 0 Å². The fourth-order valence-electron chi connectivity index (χ4n) is 6.30. The summed E-state index contributed by atoms with van der Waals surface area (Å²) in [6.45, 7) is 4.78. The molecule has 0 unspecified atom stereocenters. The number of ether oxygens (including phenoxy) is 2. The maximum atomic E-state index is 5.39. The molecule has 0 saturated heterocycles. The molecule has 0 aliphatic heterocycles. The standard InChI is InChI=1S/C36H34O2Si.2CH3.Hf/c1-5-39(6-2,31-21-27-9-7-11-33(35(27)23-31)25-13-17-29(37-3)18-14-25)32-22-28-10-8-12-34(36(28)24-32)26-15-19-30(38-4)20-16-26;;;/h7-24H,5-6H2,1-4H3;2*1H3;/q-2;2*-1;+4. The van der Waals surface area contributed by atoms with E-state index < -0.39 is 8.07 Å². The Morgan fingerprint density at radius 1 is 0.571 bits per heavy atom. The summed E-state index contributed by atoms with van der Waals surface area (Å²) in [7, 11) is 1.45. The van der Waals surface area contributed by atoms with Crippen LogP contribution in [0.1, 0.15) is 13.8 Å². The first-order chi connectivity index (χ1) is 19.1. The maximum Gasteiger partial charge on any atom is 4.00 e. The first-order valence-electron chi connectivity index (χ1n) is 13.8. The molecule has 6 aromatic carbocycles. The molecule has 0 atom stereocenters. The van der Waals surface area contributed by atoms with Gasteiger partial charge in [0.05, 0.1) is 22.3 Å². The molecule has 4 heteroatoms. The molecule has 6 rings (SSSR count). The molecule has 0 fully saturated rings. The van der Waals surface area contributed by atoms with Crippen LogP contribution in [0.15, 0.2) is 109 Å². The molecule has 0 bridgehead atoms. The summed E-state index contributed by atoms with van der Waals surface area (Å²) >= 11 is 0. The molecule has 0 radical (unpaired) electrons. The number of hydrogen-bond acceptors (Lipinski definition) is 2. The quantitative estimate of drug-likeness (QED) is 0.115. The second-order valence-electron chi connectivity index (χ2n) is 10.4. The van der Waals surface area contributed by atoms with Gasteiger partial charge < -0.3 is 24.3 Å². The van der Waals surface area contributed by atoms with Crippen molar-refractivity contribution >= 4 is 40.0 Å².